The number of nitrogens with one attached hydrogen (secondary N) is 1. The van der Waals surface area contributed by atoms with Gasteiger partial charge in [0.15, 0.2) is 5.69 Å². The molecule has 1 aromatic heterocycles. The average molecular weight is 234 g/mol. The van der Waals surface area contributed by atoms with Gasteiger partial charge >= 0.3 is 5.97 Å². The van der Waals surface area contributed by atoms with Crippen LogP contribution >= 0.6 is 0 Å². The summed E-state index contributed by atoms with van der Waals surface area (Å²) >= 11 is 0. The summed E-state index contributed by atoms with van der Waals surface area (Å²) in [6.45, 7) is 2.11. The van der Waals surface area contributed by atoms with Crippen LogP contribution in [0.4, 0.5) is 5.82 Å². The molecule has 1 atom stereocenters. The van der Waals surface area contributed by atoms with Crippen LogP contribution in [-0.2, 0) is 0 Å². The number of hydrogen-bond donors (Lipinski definition) is 2. The molecule has 2 rings (SSSR count). The van der Waals surface area contributed by atoms with E-state index in [2.05, 4.69) is 17.2 Å². The van der Waals surface area contributed by atoms with Gasteiger partial charge in [0.2, 0.25) is 0 Å². The van der Waals surface area contributed by atoms with Crippen LogP contribution in [0.5, 0.6) is 0 Å². The molecule has 1 saturated carbocycles. The van der Waals surface area contributed by atoms with Gasteiger partial charge in [-0.2, -0.15) is 0 Å². The Hall–Kier alpha value is -1.58. The Labute approximate surface area is 101 Å². The van der Waals surface area contributed by atoms with Gasteiger partial charge < -0.3 is 10.4 Å². The second-order valence-electron chi connectivity index (χ2n) is 4.78. The van der Waals surface area contributed by atoms with Crippen molar-refractivity contribution in [2.75, 3.05) is 5.32 Å². The molecule has 0 spiro atoms. The van der Waals surface area contributed by atoms with E-state index in [1.54, 1.807) is 12.1 Å². The number of hydrogen-bond acceptors (Lipinski definition) is 3. The molecule has 0 aliphatic heterocycles. The third-order valence-electron chi connectivity index (χ3n) is 3.07. The molecule has 92 valence electrons. The van der Waals surface area contributed by atoms with E-state index >= 15 is 0 Å². The van der Waals surface area contributed by atoms with Crippen molar-refractivity contribution >= 4 is 11.8 Å². The highest BCUT2D eigenvalue weighted by molar-refractivity contribution is 5.85. The van der Waals surface area contributed by atoms with Crippen LogP contribution in [0.25, 0.3) is 0 Å². The van der Waals surface area contributed by atoms with Gasteiger partial charge in [0.25, 0.3) is 0 Å². The molecule has 0 bridgehead atoms. The number of carboxylic acid groups (broad SMARTS) is 1. The van der Waals surface area contributed by atoms with Crippen molar-refractivity contribution in [3.8, 4) is 0 Å². The number of aromatic carboxylic acids is 1. The zero-order valence-electron chi connectivity index (χ0n) is 10.0. The van der Waals surface area contributed by atoms with Crippen LogP contribution in [-0.4, -0.2) is 22.1 Å². The Balaban J connectivity index is 1.87. The van der Waals surface area contributed by atoms with E-state index in [9.17, 15) is 4.79 Å². The minimum absolute atomic E-state index is 0.0874. The van der Waals surface area contributed by atoms with E-state index in [-0.39, 0.29) is 5.69 Å². The highest BCUT2D eigenvalue weighted by Crippen LogP contribution is 2.34. The lowest BCUT2D eigenvalue weighted by molar-refractivity contribution is 0.0690. The first-order valence-electron chi connectivity index (χ1n) is 6.12. The van der Waals surface area contributed by atoms with Gasteiger partial charge in [-0.25, -0.2) is 9.78 Å². The maximum absolute atomic E-state index is 10.8. The molecule has 17 heavy (non-hydrogen) atoms. The van der Waals surface area contributed by atoms with E-state index in [1.807, 2.05) is 0 Å². The SMILES string of the molecule is CC(CCC1CC1)Nc1cccc(C(=O)O)n1. The average Bonchev–Trinajstić information content (AvgIpc) is 3.10. The molecular formula is C13H18N2O2. The summed E-state index contributed by atoms with van der Waals surface area (Å²) in [5.74, 6) is 0.588. The number of anilines is 1. The molecule has 4 heteroatoms. The summed E-state index contributed by atoms with van der Waals surface area (Å²) < 4.78 is 0. The van der Waals surface area contributed by atoms with Gasteiger partial charge in [0, 0.05) is 6.04 Å². The van der Waals surface area contributed by atoms with Gasteiger partial charge in [-0.05, 0) is 37.8 Å². The first-order valence-corrected chi connectivity index (χ1v) is 6.12. The summed E-state index contributed by atoms with van der Waals surface area (Å²) in [6.07, 6.45) is 5.12. The fourth-order valence-electron chi connectivity index (χ4n) is 1.85. The minimum Gasteiger partial charge on any atom is -0.477 e. The number of rotatable bonds is 6. The fraction of sp³-hybridized carbons (Fsp3) is 0.538. The number of pyridine rings is 1. The van der Waals surface area contributed by atoms with Crippen molar-refractivity contribution in [1.82, 2.24) is 4.98 Å². The zero-order valence-corrected chi connectivity index (χ0v) is 10.0. The van der Waals surface area contributed by atoms with E-state index in [4.69, 9.17) is 5.11 Å². The topological polar surface area (TPSA) is 62.2 Å². The van der Waals surface area contributed by atoms with Crippen molar-refractivity contribution in [1.29, 1.82) is 0 Å². The van der Waals surface area contributed by atoms with Crippen molar-refractivity contribution in [3.05, 3.63) is 23.9 Å². The van der Waals surface area contributed by atoms with Crippen molar-refractivity contribution in [2.24, 2.45) is 5.92 Å². The highest BCUT2D eigenvalue weighted by atomic mass is 16.4. The molecule has 4 nitrogen and oxygen atoms in total. The molecule has 0 saturated heterocycles. The van der Waals surface area contributed by atoms with Gasteiger partial charge in [-0.1, -0.05) is 18.9 Å². The second-order valence-corrected chi connectivity index (χ2v) is 4.78. The van der Waals surface area contributed by atoms with Crippen LogP contribution in [0, 0.1) is 5.92 Å². The third-order valence-corrected chi connectivity index (χ3v) is 3.07. The number of carboxylic acids is 1. The van der Waals surface area contributed by atoms with E-state index in [1.165, 1.54) is 25.3 Å². The van der Waals surface area contributed by atoms with Gasteiger partial charge in [0.1, 0.15) is 5.82 Å². The van der Waals surface area contributed by atoms with Crippen LogP contribution in [0.1, 0.15) is 43.1 Å². The lowest BCUT2D eigenvalue weighted by atomic mass is 10.1. The summed E-state index contributed by atoms with van der Waals surface area (Å²) in [4.78, 5) is 14.8. The Morgan fingerprint density at radius 1 is 1.59 bits per heavy atom. The molecule has 1 fully saturated rings. The van der Waals surface area contributed by atoms with Gasteiger partial charge in [0.05, 0.1) is 0 Å². The first kappa shape index (κ1) is 11.9. The van der Waals surface area contributed by atoms with E-state index < -0.39 is 5.97 Å². The molecule has 1 aliphatic carbocycles. The Morgan fingerprint density at radius 2 is 2.35 bits per heavy atom. The Kier molecular flexibility index (Phi) is 3.61. The molecule has 1 aliphatic rings. The van der Waals surface area contributed by atoms with E-state index in [0.29, 0.717) is 11.9 Å². The van der Waals surface area contributed by atoms with Gasteiger partial charge in [-0.3, -0.25) is 0 Å². The lowest BCUT2D eigenvalue weighted by Crippen LogP contribution is -2.16. The molecule has 2 N–H and O–H groups in total. The van der Waals surface area contributed by atoms with E-state index in [0.717, 1.165) is 12.3 Å². The third kappa shape index (κ3) is 3.73. The van der Waals surface area contributed by atoms with Crippen LogP contribution in [0.2, 0.25) is 0 Å². The van der Waals surface area contributed by atoms with Crippen molar-refractivity contribution in [3.63, 3.8) is 0 Å². The standard InChI is InChI=1S/C13H18N2O2/c1-9(5-6-10-7-8-10)14-12-4-2-3-11(15-12)13(16)17/h2-4,9-10H,5-8H2,1H3,(H,14,15)(H,16,17). The highest BCUT2D eigenvalue weighted by Gasteiger charge is 2.21. The molecule has 0 radical (unpaired) electrons. The summed E-state index contributed by atoms with van der Waals surface area (Å²) in [5.41, 5.74) is 0.0874. The number of carbonyl (C=O) groups is 1. The van der Waals surface area contributed by atoms with Crippen molar-refractivity contribution in [2.45, 2.75) is 38.6 Å². The normalized spacial score (nSPS) is 16.5. The van der Waals surface area contributed by atoms with Crippen LogP contribution < -0.4 is 5.32 Å². The summed E-state index contributed by atoms with van der Waals surface area (Å²) in [7, 11) is 0. The number of nitrogens with zero attached hydrogens (tertiary/aromatic N) is 1. The quantitative estimate of drug-likeness (QED) is 0.794. The minimum atomic E-state index is -0.987. The Bertz CT molecular complexity index is 402. The summed E-state index contributed by atoms with van der Waals surface area (Å²) in [5, 5.41) is 12.1. The Morgan fingerprint density at radius 3 is 3.00 bits per heavy atom. The zero-order chi connectivity index (χ0) is 12.3. The predicted molar refractivity (Wildman–Crippen MR) is 66.2 cm³/mol. The molecule has 1 aromatic rings. The predicted octanol–water partition coefficient (Wildman–Crippen LogP) is 2.77. The number of aromatic nitrogens is 1. The fourth-order valence-corrected chi connectivity index (χ4v) is 1.85. The van der Waals surface area contributed by atoms with Gasteiger partial charge in [-0.15, -0.1) is 0 Å². The molecule has 1 heterocycles. The van der Waals surface area contributed by atoms with Crippen LogP contribution in [0.15, 0.2) is 18.2 Å². The maximum Gasteiger partial charge on any atom is 0.354 e. The molecular weight excluding hydrogens is 216 g/mol. The maximum atomic E-state index is 10.8. The first-order chi connectivity index (χ1) is 8.15. The van der Waals surface area contributed by atoms with Crippen LogP contribution in [0.3, 0.4) is 0 Å². The largest absolute Gasteiger partial charge is 0.477 e. The smallest absolute Gasteiger partial charge is 0.354 e. The summed E-state index contributed by atoms with van der Waals surface area (Å²) in [6, 6.07) is 5.36. The second kappa shape index (κ2) is 5.17. The monoisotopic (exact) mass is 234 g/mol. The molecule has 1 unspecified atom stereocenters. The lowest BCUT2D eigenvalue weighted by Gasteiger charge is -2.14. The molecule has 0 aromatic carbocycles. The van der Waals surface area contributed by atoms with Crippen molar-refractivity contribution < 1.29 is 9.90 Å². The molecule has 0 amide bonds.